The number of nitrogens with zero attached hydrogens (tertiary/aromatic N) is 2. The number of carbonyl (C=O) groups is 2. The predicted octanol–water partition coefficient (Wildman–Crippen LogP) is 3.29. The molecule has 3 rings (SSSR count). The molecule has 130 valence electrons. The Hall–Kier alpha value is -2.05. The number of rotatable bonds is 3. The third kappa shape index (κ3) is 4.14. The summed E-state index contributed by atoms with van der Waals surface area (Å²) in [5.74, 6) is -0.566. The standard InChI is InChI=1S/C18H17ClN2O3S/c19-14-9-7-13(8-10-14)17(22)20-11-3-1-5-15(18(20)23)25-16-6-2-4-12-21(16)24/h2,4,6-10,12,15H,1,3,5,11H2/t15-/m1/s1. The number of benzene rings is 1. The van der Waals surface area contributed by atoms with Crippen LogP contribution < -0.4 is 4.73 Å². The minimum atomic E-state index is -0.443. The zero-order chi connectivity index (χ0) is 17.8. The highest BCUT2D eigenvalue weighted by Crippen LogP contribution is 2.29. The largest absolute Gasteiger partial charge is 0.618 e. The van der Waals surface area contributed by atoms with E-state index in [1.165, 1.54) is 22.9 Å². The quantitative estimate of drug-likeness (QED) is 0.468. The topological polar surface area (TPSA) is 64.3 Å². The first-order valence-electron chi connectivity index (χ1n) is 8.02. The Morgan fingerprint density at radius 3 is 2.68 bits per heavy atom. The molecule has 0 N–H and O–H groups in total. The van der Waals surface area contributed by atoms with Gasteiger partial charge in [0.2, 0.25) is 5.91 Å². The van der Waals surface area contributed by atoms with Crippen LogP contribution in [0, 0.1) is 5.21 Å². The molecule has 1 atom stereocenters. The first-order valence-corrected chi connectivity index (χ1v) is 9.28. The maximum atomic E-state index is 12.9. The fourth-order valence-electron chi connectivity index (χ4n) is 2.72. The summed E-state index contributed by atoms with van der Waals surface area (Å²) >= 11 is 7.08. The van der Waals surface area contributed by atoms with Gasteiger partial charge in [0, 0.05) is 29.3 Å². The number of hydrogen-bond donors (Lipinski definition) is 0. The first kappa shape index (κ1) is 17.8. The van der Waals surface area contributed by atoms with Crippen LogP contribution >= 0.6 is 23.4 Å². The molecule has 2 aromatic rings. The third-order valence-electron chi connectivity index (χ3n) is 4.03. The van der Waals surface area contributed by atoms with Gasteiger partial charge in [0.15, 0.2) is 6.20 Å². The summed E-state index contributed by atoms with van der Waals surface area (Å²) in [6.07, 6.45) is 3.64. The van der Waals surface area contributed by atoms with Crippen LogP contribution in [0.2, 0.25) is 5.02 Å². The van der Waals surface area contributed by atoms with Gasteiger partial charge in [0.25, 0.3) is 10.9 Å². The summed E-state index contributed by atoms with van der Waals surface area (Å²) in [5, 5.41) is 12.4. The molecular weight excluding hydrogens is 360 g/mol. The molecule has 1 aromatic heterocycles. The van der Waals surface area contributed by atoms with Crippen molar-refractivity contribution in [1.82, 2.24) is 4.90 Å². The average Bonchev–Trinajstić information content (AvgIpc) is 2.79. The number of pyridine rings is 1. The number of amides is 2. The molecule has 1 fully saturated rings. The Morgan fingerprint density at radius 1 is 1.20 bits per heavy atom. The van der Waals surface area contributed by atoms with Gasteiger partial charge in [-0.2, -0.15) is 4.73 Å². The van der Waals surface area contributed by atoms with E-state index in [2.05, 4.69) is 0 Å². The lowest BCUT2D eigenvalue weighted by Gasteiger charge is -2.22. The Morgan fingerprint density at radius 2 is 1.96 bits per heavy atom. The summed E-state index contributed by atoms with van der Waals surface area (Å²) in [7, 11) is 0. The minimum Gasteiger partial charge on any atom is -0.618 e. The van der Waals surface area contributed by atoms with Gasteiger partial charge in [-0.15, -0.1) is 0 Å². The van der Waals surface area contributed by atoms with Gasteiger partial charge in [0.1, 0.15) is 0 Å². The molecule has 0 saturated carbocycles. The highest BCUT2D eigenvalue weighted by Gasteiger charge is 2.33. The Bertz CT molecular complexity index is 782. The molecule has 25 heavy (non-hydrogen) atoms. The molecule has 2 amide bonds. The summed E-state index contributed by atoms with van der Waals surface area (Å²) < 4.78 is 0.744. The minimum absolute atomic E-state index is 0.244. The molecule has 0 radical (unpaired) electrons. The van der Waals surface area contributed by atoms with E-state index in [4.69, 9.17) is 11.6 Å². The van der Waals surface area contributed by atoms with Gasteiger partial charge >= 0.3 is 0 Å². The van der Waals surface area contributed by atoms with Crippen LogP contribution in [0.5, 0.6) is 0 Å². The fraction of sp³-hybridized carbons (Fsp3) is 0.278. The van der Waals surface area contributed by atoms with Crippen LogP contribution in [0.4, 0.5) is 0 Å². The van der Waals surface area contributed by atoms with E-state index in [0.717, 1.165) is 17.6 Å². The molecule has 0 aliphatic carbocycles. The third-order valence-corrected chi connectivity index (χ3v) is 5.56. The van der Waals surface area contributed by atoms with E-state index >= 15 is 0 Å². The number of carbonyl (C=O) groups excluding carboxylic acids is 2. The highest BCUT2D eigenvalue weighted by atomic mass is 35.5. The zero-order valence-corrected chi connectivity index (χ0v) is 15.0. The molecule has 2 heterocycles. The van der Waals surface area contributed by atoms with E-state index in [1.807, 2.05) is 0 Å². The SMILES string of the molecule is O=C(c1ccc(Cl)cc1)N1CCCC[C@@H](Sc2cccc[n+]2[O-])C1=O. The van der Waals surface area contributed by atoms with Gasteiger partial charge in [-0.3, -0.25) is 14.5 Å². The second kappa shape index (κ2) is 7.89. The molecule has 7 heteroatoms. The second-order valence-electron chi connectivity index (χ2n) is 5.77. The van der Waals surface area contributed by atoms with Crippen molar-refractivity contribution in [2.24, 2.45) is 0 Å². The van der Waals surface area contributed by atoms with Crippen molar-refractivity contribution in [3.63, 3.8) is 0 Å². The zero-order valence-electron chi connectivity index (χ0n) is 13.4. The van der Waals surface area contributed by atoms with Crippen molar-refractivity contribution in [3.05, 3.63) is 64.5 Å². The molecule has 1 aliphatic heterocycles. The van der Waals surface area contributed by atoms with E-state index in [1.54, 1.807) is 42.5 Å². The summed E-state index contributed by atoms with van der Waals surface area (Å²) in [4.78, 5) is 26.9. The van der Waals surface area contributed by atoms with E-state index in [0.29, 0.717) is 28.6 Å². The Labute approximate surface area is 155 Å². The fourth-order valence-corrected chi connectivity index (χ4v) is 3.97. The molecule has 0 unspecified atom stereocenters. The number of imide groups is 1. The van der Waals surface area contributed by atoms with Crippen LogP contribution in [0.1, 0.15) is 29.6 Å². The van der Waals surface area contributed by atoms with Crippen LogP contribution in [0.25, 0.3) is 0 Å². The lowest BCUT2D eigenvalue weighted by molar-refractivity contribution is -0.645. The lowest BCUT2D eigenvalue weighted by Crippen LogP contribution is -2.41. The van der Waals surface area contributed by atoms with Crippen molar-refractivity contribution in [3.8, 4) is 0 Å². The van der Waals surface area contributed by atoms with Gasteiger partial charge in [-0.05, 0) is 54.9 Å². The van der Waals surface area contributed by atoms with E-state index < -0.39 is 5.25 Å². The Kier molecular flexibility index (Phi) is 5.60. The number of likely N-dealkylation sites (tertiary alicyclic amines) is 1. The highest BCUT2D eigenvalue weighted by molar-refractivity contribution is 8.00. The van der Waals surface area contributed by atoms with Gasteiger partial charge in [-0.25, -0.2) is 0 Å². The van der Waals surface area contributed by atoms with Crippen molar-refractivity contribution in [1.29, 1.82) is 0 Å². The number of hydrogen-bond acceptors (Lipinski definition) is 4. The first-order chi connectivity index (χ1) is 12.1. The maximum Gasteiger partial charge on any atom is 0.260 e. The molecular formula is C18H17ClN2O3S. The van der Waals surface area contributed by atoms with Gasteiger partial charge in [-0.1, -0.05) is 18.0 Å². The predicted molar refractivity (Wildman–Crippen MR) is 96.4 cm³/mol. The number of halogens is 1. The molecule has 1 saturated heterocycles. The Balaban J connectivity index is 1.80. The van der Waals surface area contributed by atoms with Gasteiger partial charge in [0.05, 0.1) is 5.25 Å². The maximum absolute atomic E-state index is 12.9. The molecule has 0 spiro atoms. The van der Waals surface area contributed by atoms with Crippen molar-refractivity contribution in [2.45, 2.75) is 29.5 Å². The summed E-state index contributed by atoms with van der Waals surface area (Å²) in [5.41, 5.74) is 0.432. The van der Waals surface area contributed by atoms with E-state index in [9.17, 15) is 14.8 Å². The lowest BCUT2D eigenvalue weighted by atomic mass is 10.2. The van der Waals surface area contributed by atoms with Crippen LogP contribution in [-0.4, -0.2) is 28.5 Å². The molecule has 0 bridgehead atoms. The van der Waals surface area contributed by atoms with Crippen molar-refractivity contribution < 1.29 is 14.3 Å². The van der Waals surface area contributed by atoms with Crippen molar-refractivity contribution in [2.75, 3.05) is 6.54 Å². The van der Waals surface area contributed by atoms with E-state index in [-0.39, 0.29) is 11.8 Å². The van der Waals surface area contributed by atoms with Gasteiger partial charge < -0.3 is 5.21 Å². The van der Waals surface area contributed by atoms with Crippen molar-refractivity contribution >= 4 is 35.2 Å². The van der Waals surface area contributed by atoms with Crippen LogP contribution in [0.15, 0.2) is 53.7 Å². The number of aromatic nitrogens is 1. The smallest absolute Gasteiger partial charge is 0.260 e. The second-order valence-corrected chi connectivity index (χ2v) is 7.43. The summed E-state index contributed by atoms with van der Waals surface area (Å²) in [6.45, 7) is 0.392. The molecule has 5 nitrogen and oxygen atoms in total. The van der Waals surface area contributed by atoms with Crippen LogP contribution in [0.3, 0.4) is 0 Å². The van der Waals surface area contributed by atoms with Crippen LogP contribution in [-0.2, 0) is 4.79 Å². The average molecular weight is 377 g/mol. The normalized spacial score (nSPS) is 18.0. The molecule has 1 aromatic carbocycles. The number of thioether (sulfide) groups is 1. The monoisotopic (exact) mass is 376 g/mol. The summed E-state index contributed by atoms with van der Waals surface area (Å²) in [6, 6.07) is 11.6. The molecule has 1 aliphatic rings.